The fourth-order valence-corrected chi connectivity index (χ4v) is 4.68. The molecule has 2 bridgehead atoms. The summed E-state index contributed by atoms with van der Waals surface area (Å²) in [6, 6.07) is 2.10. The van der Waals surface area contributed by atoms with E-state index >= 15 is 0 Å². The van der Waals surface area contributed by atoms with Gasteiger partial charge >= 0.3 is 0 Å². The minimum absolute atomic E-state index is 0.0345. The predicted molar refractivity (Wildman–Crippen MR) is 95.6 cm³/mol. The summed E-state index contributed by atoms with van der Waals surface area (Å²) < 4.78 is 5.82. The molecule has 0 unspecified atom stereocenters. The molecule has 3 fully saturated rings. The molecule has 2 aromatic rings. The van der Waals surface area contributed by atoms with Gasteiger partial charge in [0.25, 0.3) is 5.56 Å². The topological polar surface area (TPSA) is 78.5 Å². The highest BCUT2D eigenvalue weighted by molar-refractivity contribution is 7.17. The molecule has 0 radical (unpaired) electrons. The Morgan fingerprint density at radius 1 is 1.36 bits per heavy atom. The molecule has 0 spiro atoms. The van der Waals surface area contributed by atoms with Crippen molar-refractivity contribution in [2.24, 2.45) is 5.92 Å². The normalized spacial score (nSPS) is 24.2. The SMILES string of the molecule is COCCN1C(=O)[C@@H]2CC[C@H]1CN(Cc1nc3ccsc3c(=O)[nH]1)C2. The third-order valence-corrected chi connectivity index (χ3v) is 6.04. The quantitative estimate of drug-likeness (QED) is 0.860. The number of nitrogens with one attached hydrogen (secondary N) is 1. The molecule has 3 saturated heterocycles. The number of aromatic nitrogens is 2. The van der Waals surface area contributed by atoms with Gasteiger partial charge in [0.2, 0.25) is 5.91 Å². The van der Waals surface area contributed by atoms with Gasteiger partial charge in [0, 0.05) is 32.8 Å². The summed E-state index contributed by atoms with van der Waals surface area (Å²) >= 11 is 1.41. The summed E-state index contributed by atoms with van der Waals surface area (Å²) in [5.74, 6) is 0.950. The molecule has 0 saturated carbocycles. The summed E-state index contributed by atoms with van der Waals surface area (Å²) in [5, 5.41) is 1.88. The van der Waals surface area contributed by atoms with Crippen molar-refractivity contribution in [3.8, 4) is 0 Å². The molecule has 0 aromatic carbocycles. The second-order valence-electron chi connectivity index (χ2n) is 6.79. The maximum absolute atomic E-state index is 12.7. The summed E-state index contributed by atoms with van der Waals surface area (Å²) in [6.45, 7) is 3.33. The standard InChI is InChI=1S/C17H22N4O3S/c1-24-6-5-21-12-3-2-11(17(21)23)8-20(9-12)10-14-18-13-4-7-25-15(13)16(22)19-14/h4,7,11-12H,2-3,5-6,8-10H2,1H3,(H,18,19,22)/t11-,12+/m1/s1. The second-order valence-corrected chi connectivity index (χ2v) is 7.71. The first-order chi connectivity index (χ1) is 12.2. The molecular weight excluding hydrogens is 340 g/mol. The number of ether oxygens (including phenoxy) is 1. The van der Waals surface area contributed by atoms with Gasteiger partial charge in [-0.1, -0.05) is 0 Å². The van der Waals surface area contributed by atoms with E-state index in [-0.39, 0.29) is 23.4 Å². The van der Waals surface area contributed by atoms with Crippen LogP contribution in [0.15, 0.2) is 16.2 Å². The van der Waals surface area contributed by atoms with Gasteiger partial charge in [-0.3, -0.25) is 14.5 Å². The van der Waals surface area contributed by atoms with Gasteiger partial charge in [0.15, 0.2) is 0 Å². The van der Waals surface area contributed by atoms with Gasteiger partial charge in [0.1, 0.15) is 10.5 Å². The Morgan fingerprint density at radius 2 is 2.24 bits per heavy atom. The Morgan fingerprint density at radius 3 is 3.08 bits per heavy atom. The van der Waals surface area contributed by atoms with Gasteiger partial charge in [-0.25, -0.2) is 4.98 Å². The number of aromatic amines is 1. The number of H-pyrrole nitrogens is 1. The number of thiophene rings is 1. The number of piperidine rings is 1. The lowest BCUT2D eigenvalue weighted by Crippen LogP contribution is -2.49. The first-order valence-corrected chi connectivity index (χ1v) is 9.52. The van der Waals surface area contributed by atoms with E-state index < -0.39 is 0 Å². The zero-order valence-electron chi connectivity index (χ0n) is 14.2. The Labute approximate surface area is 149 Å². The monoisotopic (exact) mass is 362 g/mol. The number of hydrogen-bond donors (Lipinski definition) is 1. The molecule has 2 atom stereocenters. The van der Waals surface area contributed by atoms with Crippen LogP contribution in [0.2, 0.25) is 0 Å². The number of fused-ring (bicyclic) bond motifs is 5. The van der Waals surface area contributed by atoms with E-state index in [4.69, 9.17) is 4.74 Å². The number of carbonyl (C=O) groups is 1. The molecule has 1 amide bonds. The highest BCUT2D eigenvalue weighted by Gasteiger charge is 2.40. The minimum Gasteiger partial charge on any atom is -0.383 e. The lowest BCUT2D eigenvalue weighted by atomic mass is 9.94. The Balaban J connectivity index is 1.53. The molecule has 5 rings (SSSR count). The molecule has 3 aliphatic heterocycles. The van der Waals surface area contributed by atoms with E-state index in [1.54, 1.807) is 7.11 Å². The summed E-state index contributed by atoms with van der Waals surface area (Å²) in [6.07, 6.45) is 1.97. The molecule has 2 aromatic heterocycles. The molecule has 8 heteroatoms. The fraction of sp³-hybridized carbons (Fsp3) is 0.588. The first-order valence-electron chi connectivity index (χ1n) is 8.64. The molecule has 0 aliphatic carbocycles. The largest absolute Gasteiger partial charge is 0.383 e. The smallest absolute Gasteiger partial charge is 0.268 e. The second kappa shape index (κ2) is 6.86. The Bertz CT molecular complexity index is 833. The average Bonchev–Trinajstić information content (AvgIpc) is 2.92. The van der Waals surface area contributed by atoms with Crippen molar-refractivity contribution in [1.29, 1.82) is 0 Å². The lowest BCUT2D eigenvalue weighted by molar-refractivity contribution is -0.140. The van der Waals surface area contributed by atoms with Crippen LogP contribution >= 0.6 is 11.3 Å². The van der Waals surface area contributed by atoms with Crippen LogP contribution in [-0.2, 0) is 16.1 Å². The fourth-order valence-electron chi connectivity index (χ4n) is 3.95. The molecule has 3 aliphatic rings. The maximum Gasteiger partial charge on any atom is 0.268 e. The summed E-state index contributed by atoms with van der Waals surface area (Å²) in [4.78, 5) is 36.5. The van der Waals surface area contributed by atoms with Gasteiger partial charge in [-0.05, 0) is 24.3 Å². The van der Waals surface area contributed by atoms with Crippen molar-refractivity contribution in [1.82, 2.24) is 19.8 Å². The molecule has 5 heterocycles. The highest BCUT2D eigenvalue weighted by atomic mass is 32.1. The van der Waals surface area contributed by atoms with E-state index in [1.807, 2.05) is 16.3 Å². The van der Waals surface area contributed by atoms with Crippen molar-refractivity contribution in [3.63, 3.8) is 0 Å². The van der Waals surface area contributed by atoms with Crippen LogP contribution in [0.5, 0.6) is 0 Å². The van der Waals surface area contributed by atoms with Crippen LogP contribution < -0.4 is 5.56 Å². The van der Waals surface area contributed by atoms with Crippen molar-refractivity contribution < 1.29 is 9.53 Å². The molecule has 1 N–H and O–H groups in total. The Kier molecular flexibility index (Phi) is 4.58. The van der Waals surface area contributed by atoms with E-state index in [0.717, 1.165) is 31.4 Å². The van der Waals surface area contributed by atoms with Crippen molar-refractivity contribution in [2.45, 2.75) is 25.4 Å². The van der Waals surface area contributed by atoms with Crippen LogP contribution in [0.4, 0.5) is 0 Å². The number of hydrogen-bond acceptors (Lipinski definition) is 6. The van der Waals surface area contributed by atoms with E-state index in [1.165, 1.54) is 11.3 Å². The zero-order valence-corrected chi connectivity index (χ0v) is 15.1. The van der Waals surface area contributed by atoms with Gasteiger partial charge < -0.3 is 14.6 Å². The highest BCUT2D eigenvalue weighted by Crippen LogP contribution is 2.29. The number of methoxy groups -OCH3 is 1. The van der Waals surface area contributed by atoms with Crippen molar-refractivity contribution in [2.75, 3.05) is 33.4 Å². The molecule has 7 nitrogen and oxygen atoms in total. The van der Waals surface area contributed by atoms with E-state index in [2.05, 4.69) is 14.9 Å². The number of rotatable bonds is 5. The van der Waals surface area contributed by atoms with Crippen LogP contribution in [0.25, 0.3) is 10.2 Å². The van der Waals surface area contributed by atoms with Gasteiger partial charge in [-0.2, -0.15) is 0 Å². The molecule has 134 valence electrons. The lowest BCUT2D eigenvalue weighted by Gasteiger charge is -2.35. The van der Waals surface area contributed by atoms with E-state index in [0.29, 0.717) is 30.2 Å². The van der Waals surface area contributed by atoms with Crippen LogP contribution in [0.1, 0.15) is 18.7 Å². The van der Waals surface area contributed by atoms with Crippen LogP contribution in [0, 0.1) is 5.92 Å². The zero-order chi connectivity index (χ0) is 17.4. The van der Waals surface area contributed by atoms with Crippen molar-refractivity contribution in [3.05, 3.63) is 27.6 Å². The summed E-state index contributed by atoms with van der Waals surface area (Å²) in [5.41, 5.74) is 0.671. The maximum atomic E-state index is 12.7. The summed E-state index contributed by atoms with van der Waals surface area (Å²) in [7, 11) is 1.66. The van der Waals surface area contributed by atoms with E-state index in [9.17, 15) is 9.59 Å². The Hall–Kier alpha value is -1.77. The van der Waals surface area contributed by atoms with Crippen LogP contribution in [-0.4, -0.2) is 65.1 Å². The number of amides is 1. The third kappa shape index (κ3) is 3.21. The van der Waals surface area contributed by atoms with Crippen molar-refractivity contribution >= 4 is 27.5 Å². The predicted octanol–water partition coefficient (Wildman–Crippen LogP) is 1.05. The van der Waals surface area contributed by atoms with Gasteiger partial charge in [0.05, 0.1) is 24.6 Å². The minimum atomic E-state index is -0.0782. The van der Waals surface area contributed by atoms with Gasteiger partial charge in [-0.15, -0.1) is 11.3 Å². The van der Waals surface area contributed by atoms with Crippen LogP contribution in [0.3, 0.4) is 0 Å². The number of carbonyl (C=O) groups excluding carboxylic acids is 1. The third-order valence-electron chi connectivity index (χ3n) is 5.14. The average molecular weight is 362 g/mol. The molecular formula is C17H22N4O3S. The molecule has 25 heavy (non-hydrogen) atoms. The number of nitrogens with zero attached hydrogens (tertiary/aromatic N) is 3. The first kappa shape index (κ1) is 16.7.